The number of hydrogen-bond donors (Lipinski definition) is 2. The zero-order valence-corrected chi connectivity index (χ0v) is 19.1. The van der Waals surface area contributed by atoms with Crippen molar-refractivity contribution >= 4 is 33.1 Å². The Kier molecular flexibility index (Phi) is 8.02. The van der Waals surface area contributed by atoms with Gasteiger partial charge in [0.25, 0.3) is 5.91 Å². The van der Waals surface area contributed by atoms with Crippen LogP contribution in [0.3, 0.4) is 0 Å². The highest BCUT2D eigenvalue weighted by Crippen LogP contribution is 2.27. The molecule has 7 nitrogen and oxygen atoms in total. The number of rotatable bonds is 10. The van der Waals surface area contributed by atoms with Gasteiger partial charge in [-0.15, -0.1) is 11.3 Å². The molecule has 1 amide bonds. The first-order valence-electron chi connectivity index (χ1n) is 9.75. The average Bonchev–Trinajstić information content (AvgIpc) is 3.17. The van der Waals surface area contributed by atoms with Crippen molar-refractivity contribution in [1.82, 2.24) is 10.3 Å². The summed E-state index contributed by atoms with van der Waals surface area (Å²) in [4.78, 5) is 19.8. The lowest BCUT2D eigenvalue weighted by Gasteiger charge is -2.22. The number of aromatic nitrogens is 1. The van der Waals surface area contributed by atoms with Gasteiger partial charge in [0.15, 0.2) is 15.8 Å². The van der Waals surface area contributed by atoms with Gasteiger partial charge in [0.2, 0.25) is 0 Å². The molecule has 164 valence electrons. The number of ether oxygens (including phenoxy) is 1. The number of aryl methyl sites for hydroxylation is 1. The predicted octanol–water partition coefficient (Wildman–Crippen LogP) is 3.01. The number of hydrogen-bond acceptors (Lipinski definition) is 7. The van der Waals surface area contributed by atoms with Gasteiger partial charge in [0, 0.05) is 18.0 Å². The molecular formula is C22H25N3O4S2. The first kappa shape index (κ1) is 22.8. The highest BCUT2D eigenvalue weighted by Gasteiger charge is 2.19. The highest BCUT2D eigenvalue weighted by molar-refractivity contribution is 7.72. The molecule has 0 radical (unpaired) electrons. The number of nitrogens with zero attached hydrogens (tertiary/aromatic N) is 2. The minimum absolute atomic E-state index is 0.260. The van der Waals surface area contributed by atoms with E-state index in [9.17, 15) is 13.2 Å². The molecule has 0 unspecified atom stereocenters. The average molecular weight is 460 g/mol. The Morgan fingerprint density at radius 1 is 1.13 bits per heavy atom. The number of benzene rings is 2. The summed E-state index contributed by atoms with van der Waals surface area (Å²) in [6.45, 7) is 3.16. The van der Waals surface area contributed by atoms with E-state index in [-0.39, 0.29) is 5.69 Å². The van der Waals surface area contributed by atoms with Crippen molar-refractivity contribution in [3.8, 4) is 5.75 Å². The third-order valence-corrected chi connectivity index (χ3v) is 6.11. The molecule has 3 rings (SSSR count). The Morgan fingerprint density at radius 2 is 1.87 bits per heavy atom. The van der Waals surface area contributed by atoms with Gasteiger partial charge in [0.1, 0.15) is 17.3 Å². The standard InChI is InChI=1S/C22H25N3O4S2/c1-16-20(21(26)23-15-31(27)28)24-22(30-16)25(14-18-7-4-3-5-8-18)12-11-17-9-6-10-19(13-17)29-2/h3-10,13,31H,11-12,14-15H2,1-2H3,(H,23,26). The van der Waals surface area contributed by atoms with Crippen LogP contribution in [0.5, 0.6) is 5.75 Å². The second kappa shape index (κ2) is 10.9. The van der Waals surface area contributed by atoms with Crippen LogP contribution in [-0.4, -0.2) is 38.8 Å². The minimum Gasteiger partial charge on any atom is -0.497 e. The molecule has 3 aromatic rings. The van der Waals surface area contributed by atoms with Crippen LogP contribution in [0.15, 0.2) is 54.6 Å². The van der Waals surface area contributed by atoms with E-state index in [1.54, 1.807) is 7.11 Å². The van der Waals surface area contributed by atoms with E-state index in [0.717, 1.165) is 33.3 Å². The van der Waals surface area contributed by atoms with Crippen LogP contribution in [0, 0.1) is 6.92 Å². The Bertz CT molecular complexity index is 1090. The Hall–Kier alpha value is -2.91. The summed E-state index contributed by atoms with van der Waals surface area (Å²) in [5.41, 5.74) is 2.54. The number of thiol groups is 1. The lowest BCUT2D eigenvalue weighted by molar-refractivity contribution is 0.0955. The van der Waals surface area contributed by atoms with Gasteiger partial charge >= 0.3 is 0 Å². The summed E-state index contributed by atoms with van der Waals surface area (Å²) in [6, 6.07) is 18.0. The van der Waals surface area contributed by atoms with Crippen molar-refractivity contribution in [3.63, 3.8) is 0 Å². The van der Waals surface area contributed by atoms with Crippen molar-refractivity contribution < 1.29 is 17.9 Å². The third kappa shape index (κ3) is 6.53. The molecule has 0 aliphatic heterocycles. The first-order valence-corrected chi connectivity index (χ1v) is 11.9. The summed E-state index contributed by atoms with van der Waals surface area (Å²) < 4.78 is 26.9. The largest absolute Gasteiger partial charge is 0.497 e. The number of carbonyl (C=O) groups excluding carboxylic acids is 1. The second-order valence-electron chi connectivity index (χ2n) is 6.91. The summed E-state index contributed by atoms with van der Waals surface area (Å²) >= 11 is 1.43. The van der Waals surface area contributed by atoms with E-state index >= 15 is 0 Å². The number of anilines is 1. The maximum atomic E-state index is 12.3. The molecule has 31 heavy (non-hydrogen) atoms. The smallest absolute Gasteiger partial charge is 0.271 e. The molecule has 1 N–H and O–H groups in total. The Balaban J connectivity index is 1.82. The van der Waals surface area contributed by atoms with E-state index in [0.29, 0.717) is 13.1 Å². The van der Waals surface area contributed by atoms with Gasteiger partial charge in [-0.05, 0) is 36.6 Å². The summed E-state index contributed by atoms with van der Waals surface area (Å²) in [7, 11) is -1.04. The Labute approximate surface area is 187 Å². The van der Waals surface area contributed by atoms with Gasteiger partial charge in [-0.1, -0.05) is 42.5 Å². The van der Waals surface area contributed by atoms with Gasteiger partial charge in [0.05, 0.1) is 7.11 Å². The van der Waals surface area contributed by atoms with E-state index in [2.05, 4.69) is 33.4 Å². The number of carbonyl (C=O) groups is 1. The van der Waals surface area contributed by atoms with Crippen LogP contribution >= 0.6 is 11.3 Å². The number of nitrogens with one attached hydrogen (secondary N) is 1. The molecule has 0 spiro atoms. The second-order valence-corrected chi connectivity index (χ2v) is 9.07. The van der Waals surface area contributed by atoms with Crippen LogP contribution in [0.4, 0.5) is 5.13 Å². The van der Waals surface area contributed by atoms with E-state index in [4.69, 9.17) is 4.74 Å². The normalized spacial score (nSPS) is 10.8. The van der Waals surface area contributed by atoms with Gasteiger partial charge in [-0.3, -0.25) is 4.79 Å². The summed E-state index contributed by atoms with van der Waals surface area (Å²) in [5.74, 6) is -0.0659. The van der Waals surface area contributed by atoms with Crippen molar-refractivity contribution in [2.45, 2.75) is 19.9 Å². The summed E-state index contributed by atoms with van der Waals surface area (Å²) in [5, 5.41) is 3.11. The van der Waals surface area contributed by atoms with E-state index < -0.39 is 22.5 Å². The zero-order valence-electron chi connectivity index (χ0n) is 17.4. The van der Waals surface area contributed by atoms with Gasteiger partial charge in [-0.2, -0.15) is 0 Å². The van der Waals surface area contributed by atoms with Gasteiger partial charge in [-0.25, -0.2) is 13.4 Å². The predicted molar refractivity (Wildman–Crippen MR) is 124 cm³/mol. The third-order valence-electron chi connectivity index (χ3n) is 4.66. The quantitative estimate of drug-likeness (QED) is 0.453. The SMILES string of the molecule is COc1cccc(CCN(Cc2ccccc2)c2nc(C(=O)NC[SH](=O)=O)c(C)s2)c1. The molecule has 0 bridgehead atoms. The lowest BCUT2D eigenvalue weighted by Crippen LogP contribution is -2.27. The molecule has 1 aromatic heterocycles. The molecule has 1 heterocycles. The van der Waals surface area contributed by atoms with Crippen molar-refractivity contribution in [3.05, 3.63) is 76.3 Å². The first-order chi connectivity index (χ1) is 15.0. The molecule has 0 saturated carbocycles. The number of amides is 1. The molecule has 0 aliphatic carbocycles. The van der Waals surface area contributed by atoms with E-state index in [1.807, 2.05) is 43.3 Å². The molecule has 2 aromatic carbocycles. The van der Waals surface area contributed by atoms with Gasteiger partial charge < -0.3 is 15.0 Å². The Morgan fingerprint density at radius 3 is 2.58 bits per heavy atom. The fourth-order valence-corrected chi connectivity index (χ4v) is 4.29. The van der Waals surface area contributed by atoms with Crippen molar-refractivity contribution in [2.24, 2.45) is 0 Å². The summed E-state index contributed by atoms with van der Waals surface area (Å²) in [6.07, 6.45) is 0.779. The maximum absolute atomic E-state index is 12.3. The zero-order chi connectivity index (χ0) is 22.2. The fraction of sp³-hybridized carbons (Fsp3) is 0.273. The molecule has 0 fully saturated rings. The molecule has 0 saturated heterocycles. The number of thiazole rings is 1. The lowest BCUT2D eigenvalue weighted by atomic mass is 10.1. The molecule has 9 heteroatoms. The fourth-order valence-electron chi connectivity index (χ4n) is 3.09. The van der Waals surface area contributed by atoms with Crippen LogP contribution < -0.4 is 15.0 Å². The van der Waals surface area contributed by atoms with Crippen LogP contribution in [-0.2, 0) is 23.7 Å². The monoisotopic (exact) mass is 459 g/mol. The van der Waals surface area contributed by atoms with E-state index in [1.165, 1.54) is 11.3 Å². The van der Waals surface area contributed by atoms with Crippen molar-refractivity contribution in [1.29, 1.82) is 0 Å². The highest BCUT2D eigenvalue weighted by atomic mass is 32.2. The number of methoxy groups -OCH3 is 1. The van der Waals surface area contributed by atoms with Crippen LogP contribution in [0.25, 0.3) is 0 Å². The topological polar surface area (TPSA) is 88.6 Å². The molecule has 0 aliphatic rings. The van der Waals surface area contributed by atoms with Crippen molar-refractivity contribution in [2.75, 3.05) is 24.4 Å². The molecule has 0 atom stereocenters. The maximum Gasteiger partial charge on any atom is 0.271 e. The minimum atomic E-state index is -2.68. The van der Waals surface area contributed by atoms with Crippen LogP contribution in [0.2, 0.25) is 0 Å². The van der Waals surface area contributed by atoms with Crippen LogP contribution in [0.1, 0.15) is 26.5 Å². The molecular weight excluding hydrogens is 434 g/mol.